The van der Waals surface area contributed by atoms with Gasteiger partial charge in [-0.1, -0.05) is 24.3 Å². The van der Waals surface area contributed by atoms with Crippen molar-refractivity contribution >= 4 is 11.4 Å². The van der Waals surface area contributed by atoms with Gasteiger partial charge >= 0.3 is 0 Å². The fourth-order valence-electron chi connectivity index (χ4n) is 3.08. The van der Waals surface area contributed by atoms with Crippen molar-refractivity contribution in [3.8, 4) is 11.5 Å². The van der Waals surface area contributed by atoms with Gasteiger partial charge in [0.15, 0.2) is 11.5 Å². The predicted molar refractivity (Wildman–Crippen MR) is 81.7 cm³/mol. The molecular weight excluding hydrogens is 282 g/mol. The Morgan fingerprint density at radius 1 is 0.864 bits per heavy atom. The molecule has 2 aliphatic rings. The molecule has 114 valence electrons. The topological polar surface area (TPSA) is 62.2 Å². The van der Waals surface area contributed by atoms with Gasteiger partial charge in [-0.15, -0.1) is 0 Å². The molecule has 5 nitrogen and oxygen atoms in total. The summed E-state index contributed by atoms with van der Waals surface area (Å²) in [5.74, 6) is 1.46. The van der Waals surface area contributed by atoms with Gasteiger partial charge in [0.25, 0.3) is 0 Å². The Morgan fingerprint density at radius 2 is 1.45 bits per heavy atom. The van der Waals surface area contributed by atoms with Gasteiger partial charge in [0.05, 0.1) is 30.6 Å². The highest BCUT2D eigenvalue weighted by atomic mass is 16.5. The van der Waals surface area contributed by atoms with Gasteiger partial charge in [0.1, 0.15) is 12.2 Å². The van der Waals surface area contributed by atoms with Crippen LogP contribution in [0.2, 0.25) is 0 Å². The van der Waals surface area contributed by atoms with Crippen molar-refractivity contribution in [1.29, 1.82) is 0 Å². The zero-order chi connectivity index (χ0) is 15.1. The number of aliphatic hydroxyl groups is 2. The molecule has 1 unspecified atom stereocenters. The molecule has 2 aliphatic heterocycles. The lowest BCUT2D eigenvalue weighted by Gasteiger charge is -2.43. The molecule has 2 aromatic rings. The Labute approximate surface area is 128 Å². The zero-order valence-electron chi connectivity index (χ0n) is 11.9. The molecule has 0 saturated carbocycles. The molecule has 0 aliphatic carbocycles. The van der Waals surface area contributed by atoms with Crippen LogP contribution >= 0.6 is 0 Å². The summed E-state index contributed by atoms with van der Waals surface area (Å²) < 4.78 is 11.4. The van der Waals surface area contributed by atoms with Crippen LogP contribution in [-0.4, -0.2) is 41.7 Å². The maximum atomic E-state index is 10.4. The maximum absolute atomic E-state index is 10.4. The normalized spacial score (nSPS) is 26.8. The second-order valence-corrected chi connectivity index (χ2v) is 5.57. The number of nitrogens with zero attached hydrogens (tertiary/aromatic N) is 1. The molecule has 1 saturated heterocycles. The molecule has 3 atom stereocenters. The van der Waals surface area contributed by atoms with Crippen LogP contribution in [0, 0.1) is 0 Å². The van der Waals surface area contributed by atoms with Crippen LogP contribution in [-0.2, 0) is 4.74 Å². The molecule has 2 heterocycles. The largest absolute Gasteiger partial charge is 0.453 e. The van der Waals surface area contributed by atoms with Crippen molar-refractivity contribution in [2.75, 3.05) is 18.1 Å². The lowest BCUT2D eigenvalue weighted by molar-refractivity contribution is -0.0964. The number of anilines is 2. The maximum Gasteiger partial charge on any atom is 0.151 e. The van der Waals surface area contributed by atoms with Crippen molar-refractivity contribution in [3.05, 3.63) is 48.5 Å². The molecule has 5 heteroatoms. The van der Waals surface area contributed by atoms with E-state index in [1.54, 1.807) is 0 Å². The Hall–Kier alpha value is -2.08. The van der Waals surface area contributed by atoms with Crippen LogP contribution in [0.3, 0.4) is 0 Å². The number of hydrogen-bond donors (Lipinski definition) is 2. The second kappa shape index (κ2) is 5.28. The zero-order valence-corrected chi connectivity index (χ0v) is 11.9. The van der Waals surface area contributed by atoms with Crippen LogP contribution in [0.15, 0.2) is 48.5 Å². The molecule has 0 radical (unpaired) electrons. The highest BCUT2D eigenvalue weighted by molar-refractivity contribution is 5.78. The summed E-state index contributed by atoms with van der Waals surface area (Å²) in [4.78, 5) is 2.00. The summed E-state index contributed by atoms with van der Waals surface area (Å²) in [6.07, 6.45) is -1.77. The Bertz CT molecular complexity index is 644. The van der Waals surface area contributed by atoms with E-state index in [4.69, 9.17) is 9.47 Å². The number of ether oxygens (including phenoxy) is 2. The lowest BCUT2D eigenvalue weighted by Crippen LogP contribution is -2.55. The van der Waals surface area contributed by atoms with Gasteiger partial charge in [-0.2, -0.15) is 0 Å². The summed E-state index contributed by atoms with van der Waals surface area (Å²) in [6, 6.07) is 15.0. The second-order valence-electron chi connectivity index (χ2n) is 5.57. The van der Waals surface area contributed by atoms with Crippen LogP contribution in [0.25, 0.3) is 0 Å². The summed E-state index contributed by atoms with van der Waals surface area (Å²) >= 11 is 0. The lowest BCUT2D eigenvalue weighted by atomic mass is 9.99. The van der Waals surface area contributed by atoms with Crippen molar-refractivity contribution in [3.63, 3.8) is 0 Å². The third-order valence-electron chi connectivity index (χ3n) is 4.17. The summed E-state index contributed by atoms with van der Waals surface area (Å²) in [5, 5.41) is 20.4. The van der Waals surface area contributed by atoms with E-state index in [0.29, 0.717) is 6.61 Å². The molecule has 22 heavy (non-hydrogen) atoms. The Balaban J connectivity index is 1.84. The quantitative estimate of drug-likeness (QED) is 0.844. The molecule has 0 amide bonds. The standard InChI is InChI=1S/C17H17NO4/c19-14-10-21-9-13(17(14)20)18-11-5-1-3-7-15(11)22-16-8-4-2-6-12(16)18/h1-8,13-14,17,19-20H,9-10H2/t13?,14-,17+/m1/s1. The van der Waals surface area contributed by atoms with Crippen LogP contribution in [0.5, 0.6) is 11.5 Å². The number of fused-ring (bicyclic) bond motifs is 2. The fraction of sp³-hybridized carbons (Fsp3) is 0.294. The van der Waals surface area contributed by atoms with E-state index >= 15 is 0 Å². The van der Waals surface area contributed by atoms with E-state index in [-0.39, 0.29) is 12.6 Å². The van der Waals surface area contributed by atoms with Crippen LogP contribution < -0.4 is 9.64 Å². The monoisotopic (exact) mass is 299 g/mol. The van der Waals surface area contributed by atoms with Crippen molar-refractivity contribution in [1.82, 2.24) is 0 Å². The van der Waals surface area contributed by atoms with Gasteiger partial charge in [-0.3, -0.25) is 0 Å². The van der Waals surface area contributed by atoms with Gasteiger partial charge in [-0.05, 0) is 24.3 Å². The summed E-state index contributed by atoms with van der Waals surface area (Å²) in [7, 11) is 0. The van der Waals surface area contributed by atoms with E-state index in [1.165, 1.54) is 0 Å². The van der Waals surface area contributed by atoms with Gasteiger partial charge < -0.3 is 24.6 Å². The molecule has 4 rings (SSSR count). The first-order chi connectivity index (χ1) is 10.8. The molecular formula is C17H17NO4. The minimum atomic E-state index is -0.888. The first kappa shape index (κ1) is 13.6. The third kappa shape index (κ3) is 2.06. The van der Waals surface area contributed by atoms with Gasteiger partial charge in [0, 0.05) is 0 Å². The highest BCUT2D eigenvalue weighted by Gasteiger charge is 2.39. The van der Waals surface area contributed by atoms with Crippen molar-refractivity contribution in [2.45, 2.75) is 18.2 Å². The first-order valence-electron chi connectivity index (χ1n) is 7.35. The predicted octanol–water partition coefficient (Wildman–Crippen LogP) is 2.05. The smallest absolute Gasteiger partial charge is 0.151 e. The van der Waals surface area contributed by atoms with E-state index in [0.717, 1.165) is 22.9 Å². The van der Waals surface area contributed by atoms with Crippen LogP contribution in [0.4, 0.5) is 11.4 Å². The third-order valence-corrected chi connectivity index (χ3v) is 4.17. The molecule has 0 bridgehead atoms. The molecule has 0 aromatic heterocycles. The van der Waals surface area contributed by atoms with Gasteiger partial charge in [0.2, 0.25) is 0 Å². The Morgan fingerprint density at radius 3 is 2.09 bits per heavy atom. The highest BCUT2D eigenvalue weighted by Crippen LogP contribution is 2.48. The fourth-order valence-corrected chi connectivity index (χ4v) is 3.08. The van der Waals surface area contributed by atoms with Gasteiger partial charge in [-0.25, -0.2) is 0 Å². The first-order valence-corrected chi connectivity index (χ1v) is 7.35. The average Bonchev–Trinajstić information content (AvgIpc) is 2.55. The molecule has 0 spiro atoms. The van der Waals surface area contributed by atoms with E-state index in [2.05, 4.69) is 0 Å². The minimum Gasteiger partial charge on any atom is -0.453 e. The van der Waals surface area contributed by atoms with Crippen molar-refractivity contribution in [2.24, 2.45) is 0 Å². The van der Waals surface area contributed by atoms with Crippen LogP contribution in [0.1, 0.15) is 0 Å². The molecule has 1 fully saturated rings. The minimum absolute atomic E-state index is 0.158. The van der Waals surface area contributed by atoms with Crippen molar-refractivity contribution < 1.29 is 19.7 Å². The number of aliphatic hydroxyl groups excluding tert-OH is 2. The summed E-state index contributed by atoms with van der Waals surface area (Å²) in [6.45, 7) is 0.506. The van der Waals surface area contributed by atoms with E-state index in [9.17, 15) is 10.2 Å². The number of rotatable bonds is 1. The number of para-hydroxylation sites is 4. The SMILES string of the molecule is O[C@@H]1COCC(N2c3ccccc3Oc3ccccc32)[C@@H]1O. The summed E-state index contributed by atoms with van der Waals surface area (Å²) in [5.41, 5.74) is 1.73. The van der Waals surface area contributed by atoms with E-state index < -0.39 is 12.2 Å². The number of hydrogen-bond acceptors (Lipinski definition) is 5. The average molecular weight is 299 g/mol. The number of benzene rings is 2. The molecule has 2 aromatic carbocycles. The molecule has 2 N–H and O–H groups in total. The van der Waals surface area contributed by atoms with E-state index in [1.807, 2.05) is 53.4 Å². The Kier molecular flexibility index (Phi) is 3.26.